The lowest BCUT2D eigenvalue weighted by Gasteiger charge is -2.11. The quantitative estimate of drug-likeness (QED) is 0.896. The Kier molecular flexibility index (Phi) is 3.94. The molecule has 0 saturated heterocycles. The number of aryl methyl sites for hydroxylation is 1. The smallest absolute Gasteiger partial charge is 0.149 e. The van der Waals surface area contributed by atoms with E-state index in [2.05, 4.69) is 27.0 Å². The number of nitrogen functional groups attached to an aromatic ring is 1. The van der Waals surface area contributed by atoms with Crippen LogP contribution in [-0.2, 0) is 0 Å². The fraction of sp³-hybridized carbons (Fsp3) is 0.571. The Balaban J connectivity index is 1.74. The third-order valence-electron chi connectivity index (χ3n) is 3.91. The van der Waals surface area contributed by atoms with Gasteiger partial charge in [0, 0.05) is 17.6 Å². The predicted molar refractivity (Wildman–Crippen MR) is 87.4 cm³/mol. The van der Waals surface area contributed by atoms with E-state index in [-0.39, 0.29) is 0 Å². The molecule has 0 spiro atoms. The van der Waals surface area contributed by atoms with Crippen molar-refractivity contribution in [2.45, 2.75) is 33.1 Å². The third-order valence-corrected chi connectivity index (χ3v) is 5.70. The van der Waals surface area contributed by atoms with Crippen LogP contribution in [0.5, 0.6) is 0 Å². The Morgan fingerprint density at radius 2 is 2.30 bits per heavy atom. The van der Waals surface area contributed by atoms with Gasteiger partial charge in [-0.25, -0.2) is 4.98 Å². The van der Waals surface area contributed by atoms with Crippen LogP contribution in [0.3, 0.4) is 0 Å². The molecule has 20 heavy (non-hydrogen) atoms. The molecule has 2 aromatic heterocycles. The van der Waals surface area contributed by atoms with E-state index < -0.39 is 0 Å². The highest BCUT2D eigenvalue weighted by molar-refractivity contribution is 7.15. The molecule has 2 heterocycles. The van der Waals surface area contributed by atoms with Crippen molar-refractivity contribution in [3.05, 3.63) is 11.1 Å². The van der Waals surface area contributed by atoms with Crippen LogP contribution in [0.25, 0.3) is 10.6 Å². The van der Waals surface area contributed by atoms with Crippen molar-refractivity contribution in [1.82, 2.24) is 9.36 Å². The van der Waals surface area contributed by atoms with E-state index >= 15 is 0 Å². The van der Waals surface area contributed by atoms with Crippen LogP contribution in [0.15, 0.2) is 5.38 Å². The molecule has 2 atom stereocenters. The Morgan fingerprint density at radius 1 is 1.45 bits per heavy atom. The average Bonchev–Trinajstić information content (AvgIpc) is 3.09. The Labute approximate surface area is 127 Å². The zero-order valence-corrected chi connectivity index (χ0v) is 13.5. The summed E-state index contributed by atoms with van der Waals surface area (Å²) in [6.45, 7) is 5.36. The fourth-order valence-corrected chi connectivity index (χ4v) is 4.49. The molecule has 1 saturated carbocycles. The first-order chi connectivity index (χ1) is 9.63. The van der Waals surface area contributed by atoms with E-state index in [0.717, 1.165) is 39.6 Å². The number of hydrogen-bond donors (Lipinski definition) is 2. The molecule has 0 aromatic carbocycles. The molecule has 1 aliphatic rings. The summed E-state index contributed by atoms with van der Waals surface area (Å²) in [5.41, 5.74) is 8.03. The minimum atomic E-state index is 0.589. The van der Waals surface area contributed by atoms with Gasteiger partial charge in [0.25, 0.3) is 0 Å². The van der Waals surface area contributed by atoms with Crippen LogP contribution in [-0.4, -0.2) is 15.9 Å². The van der Waals surface area contributed by atoms with Gasteiger partial charge in [0.1, 0.15) is 15.8 Å². The second-order valence-electron chi connectivity index (χ2n) is 5.73. The number of thiazole rings is 1. The van der Waals surface area contributed by atoms with Gasteiger partial charge in [0.05, 0.1) is 5.56 Å². The lowest BCUT2D eigenvalue weighted by Crippen LogP contribution is -2.11. The largest absolute Gasteiger partial charge is 0.382 e. The highest BCUT2D eigenvalue weighted by Crippen LogP contribution is 2.39. The summed E-state index contributed by atoms with van der Waals surface area (Å²) in [5, 5.41) is 7.63. The maximum Gasteiger partial charge on any atom is 0.149 e. The summed E-state index contributed by atoms with van der Waals surface area (Å²) in [6.07, 6.45) is 4.01. The van der Waals surface area contributed by atoms with E-state index in [1.165, 1.54) is 30.8 Å². The van der Waals surface area contributed by atoms with E-state index in [1.54, 1.807) is 11.3 Å². The summed E-state index contributed by atoms with van der Waals surface area (Å²) in [6, 6.07) is 0. The maximum absolute atomic E-state index is 6.01. The molecule has 0 aliphatic heterocycles. The molecule has 108 valence electrons. The molecule has 0 amide bonds. The molecule has 2 unspecified atom stereocenters. The lowest BCUT2D eigenvalue weighted by molar-refractivity contribution is 0.537. The monoisotopic (exact) mass is 308 g/mol. The maximum atomic E-state index is 6.01. The van der Waals surface area contributed by atoms with E-state index in [4.69, 9.17) is 5.73 Å². The van der Waals surface area contributed by atoms with Crippen molar-refractivity contribution in [2.75, 3.05) is 17.6 Å². The van der Waals surface area contributed by atoms with Gasteiger partial charge in [-0.2, -0.15) is 4.37 Å². The van der Waals surface area contributed by atoms with Crippen molar-refractivity contribution < 1.29 is 0 Å². The van der Waals surface area contributed by atoms with Crippen LogP contribution in [0.1, 0.15) is 31.9 Å². The summed E-state index contributed by atoms with van der Waals surface area (Å²) in [7, 11) is 0. The minimum absolute atomic E-state index is 0.589. The summed E-state index contributed by atoms with van der Waals surface area (Å²) in [5.74, 6) is 2.24. The Morgan fingerprint density at radius 3 is 2.95 bits per heavy atom. The van der Waals surface area contributed by atoms with E-state index in [0.29, 0.717) is 5.82 Å². The molecule has 1 fully saturated rings. The van der Waals surface area contributed by atoms with Crippen LogP contribution >= 0.6 is 22.9 Å². The van der Waals surface area contributed by atoms with Crippen LogP contribution in [0.4, 0.5) is 10.8 Å². The van der Waals surface area contributed by atoms with E-state index in [1.807, 2.05) is 6.92 Å². The van der Waals surface area contributed by atoms with Crippen molar-refractivity contribution in [1.29, 1.82) is 0 Å². The van der Waals surface area contributed by atoms with Gasteiger partial charge >= 0.3 is 0 Å². The number of anilines is 2. The highest BCUT2D eigenvalue weighted by Gasteiger charge is 2.22. The third kappa shape index (κ3) is 2.81. The number of rotatable bonds is 4. The Bertz CT molecular complexity index is 590. The van der Waals surface area contributed by atoms with Gasteiger partial charge in [-0.1, -0.05) is 13.3 Å². The second-order valence-corrected chi connectivity index (χ2v) is 7.36. The summed E-state index contributed by atoms with van der Waals surface area (Å²) < 4.78 is 4.29. The van der Waals surface area contributed by atoms with Gasteiger partial charge in [-0.3, -0.25) is 0 Å². The highest BCUT2D eigenvalue weighted by atomic mass is 32.1. The number of aromatic nitrogens is 2. The SMILES string of the molecule is Cc1csc(-c2c(N)nsc2NCC2CCC(C)C2)n1. The lowest BCUT2D eigenvalue weighted by atomic mass is 10.1. The molecular formula is C14H20N4S2. The van der Waals surface area contributed by atoms with Gasteiger partial charge in [0.15, 0.2) is 0 Å². The zero-order valence-electron chi connectivity index (χ0n) is 11.8. The van der Waals surface area contributed by atoms with Gasteiger partial charge in [-0.15, -0.1) is 11.3 Å². The topological polar surface area (TPSA) is 63.8 Å². The average molecular weight is 308 g/mol. The number of hydrogen-bond acceptors (Lipinski definition) is 6. The fourth-order valence-electron chi connectivity index (χ4n) is 2.85. The molecule has 0 radical (unpaired) electrons. The molecule has 4 nitrogen and oxygen atoms in total. The number of nitrogens with one attached hydrogen (secondary N) is 1. The molecular weight excluding hydrogens is 288 g/mol. The minimum Gasteiger partial charge on any atom is -0.382 e. The normalized spacial score (nSPS) is 22.3. The van der Waals surface area contributed by atoms with Crippen LogP contribution < -0.4 is 11.1 Å². The molecule has 0 bridgehead atoms. The van der Waals surface area contributed by atoms with Crippen LogP contribution in [0, 0.1) is 18.8 Å². The number of nitrogens with zero attached hydrogens (tertiary/aromatic N) is 2. The van der Waals surface area contributed by atoms with Crippen LogP contribution in [0.2, 0.25) is 0 Å². The molecule has 3 N–H and O–H groups in total. The second kappa shape index (κ2) is 5.69. The van der Waals surface area contributed by atoms with E-state index in [9.17, 15) is 0 Å². The van der Waals surface area contributed by atoms with Crippen molar-refractivity contribution in [3.8, 4) is 10.6 Å². The first-order valence-corrected chi connectivity index (χ1v) is 8.70. The molecule has 3 rings (SSSR count). The molecule has 2 aromatic rings. The molecule has 1 aliphatic carbocycles. The standard InChI is InChI=1S/C14H20N4S2/c1-8-3-4-10(5-8)6-16-13-11(12(15)18-20-13)14-17-9(2)7-19-14/h7-8,10,16H,3-6H2,1-2H3,(H2,15,18). The zero-order chi connectivity index (χ0) is 14.1. The van der Waals surface area contributed by atoms with Crippen molar-refractivity contribution in [3.63, 3.8) is 0 Å². The summed E-state index contributed by atoms with van der Waals surface area (Å²) >= 11 is 3.07. The predicted octanol–water partition coefficient (Wildman–Crippen LogP) is 4.01. The Hall–Kier alpha value is -1.14. The van der Waals surface area contributed by atoms with Crippen molar-refractivity contribution >= 4 is 33.7 Å². The van der Waals surface area contributed by atoms with Gasteiger partial charge in [0.2, 0.25) is 0 Å². The van der Waals surface area contributed by atoms with Gasteiger partial charge in [-0.05, 0) is 43.1 Å². The molecule has 6 heteroatoms. The summed E-state index contributed by atoms with van der Waals surface area (Å²) in [4.78, 5) is 4.53. The van der Waals surface area contributed by atoms with Gasteiger partial charge < -0.3 is 11.1 Å². The van der Waals surface area contributed by atoms with Crippen molar-refractivity contribution in [2.24, 2.45) is 11.8 Å². The number of nitrogens with two attached hydrogens (primary N) is 1. The first-order valence-electron chi connectivity index (χ1n) is 7.05. The first kappa shape index (κ1) is 13.8.